The van der Waals surface area contributed by atoms with E-state index in [0.717, 1.165) is 5.75 Å². The fourth-order valence-electron chi connectivity index (χ4n) is 2.16. The Morgan fingerprint density at radius 3 is 2.40 bits per heavy atom. The summed E-state index contributed by atoms with van der Waals surface area (Å²) in [7, 11) is 0. The van der Waals surface area contributed by atoms with Crippen molar-refractivity contribution < 1.29 is 14.3 Å². The maximum Gasteiger partial charge on any atom is 0.319 e. The van der Waals surface area contributed by atoms with Gasteiger partial charge in [-0.05, 0) is 38.1 Å². The molecule has 2 aromatic rings. The van der Waals surface area contributed by atoms with Crippen molar-refractivity contribution in [3.05, 3.63) is 60.2 Å². The molecule has 2 rings (SSSR count). The van der Waals surface area contributed by atoms with Crippen molar-refractivity contribution in [3.63, 3.8) is 0 Å². The molecule has 0 atom stereocenters. The summed E-state index contributed by atoms with van der Waals surface area (Å²) in [6, 6.07) is 15.9. The number of amides is 3. The van der Waals surface area contributed by atoms with Gasteiger partial charge in [0.05, 0.1) is 17.8 Å². The van der Waals surface area contributed by atoms with E-state index in [9.17, 15) is 9.59 Å². The zero-order valence-electron chi connectivity index (χ0n) is 14.4. The lowest BCUT2D eigenvalue weighted by atomic mass is 10.1. The maximum atomic E-state index is 12.3. The van der Waals surface area contributed by atoms with Gasteiger partial charge in [-0.3, -0.25) is 4.79 Å². The predicted octanol–water partition coefficient (Wildman–Crippen LogP) is 3.03. The molecule has 25 heavy (non-hydrogen) atoms. The molecule has 6 heteroatoms. The normalized spacial score (nSPS) is 10.2. The van der Waals surface area contributed by atoms with Crippen LogP contribution in [0.4, 0.5) is 10.5 Å². The zero-order chi connectivity index (χ0) is 18.1. The highest BCUT2D eigenvalue weighted by Crippen LogP contribution is 2.15. The van der Waals surface area contributed by atoms with Crippen LogP contribution >= 0.6 is 0 Å². The molecule has 0 radical (unpaired) electrons. The quantitative estimate of drug-likeness (QED) is 0.677. The minimum Gasteiger partial charge on any atom is -0.492 e. The van der Waals surface area contributed by atoms with Crippen molar-refractivity contribution in [1.29, 1.82) is 0 Å². The smallest absolute Gasteiger partial charge is 0.319 e. The molecule has 0 aliphatic carbocycles. The van der Waals surface area contributed by atoms with Crippen molar-refractivity contribution in [2.24, 2.45) is 0 Å². The van der Waals surface area contributed by atoms with E-state index in [0.29, 0.717) is 24.4 Å². The van der Waals surface area contributed by atoms with Gasteiger partial charge in [-0.2, -0.15) is 0 Å². The minimum absolute atomic E-state index is 0.0103. The predicted molar refractivity (Wildman–Crippen MR) is 98.0 cm³/mol. The van der Waals surface area contributed by atoms with Gasteiger partial charge in [0.1, 0.15) is 12.4 Å². The van der Waals surface area contributed by atoms with Crippen LogP contribution in [0.3, 0.4) is 0 Å². The Kier molecular flexibility index (Phi) is 6.83. The van der Waals surface area contributed by atoms with Gasteiger partial charge in [-0.15, -0.1) is 0 Å². The molecule has 0 saturated carbocycles. The highest BCUT2D eigenvalue weighted by Gasteiger charge is 2.13. The minimum atomic E-state index is -0.345. The summed E-state index contributed by atoms with van der Waals surface area (Å²) in [6.07, 6.45) is 0. The third-order valence-corrected chi connectivity index (χ3v) is 3.24. The highest BCUT2D eigenvalue weighted by molar-refractivity contribution is 6.03. The molecule has 0 bridgehead atoms. The van der Waals surface area contributed by atoms with Crippen LogP contribution in [0.15, 0.2) is 54.6 Å². The second-order valence-corrected chi connectivity index (χ2v) is 5.72. The Labute approximate surface area is 147 Å². The number of benzene rings is 2. The molecule has 0 spiro atoms. The van der Waals surface area contributed by atoms with Crippen LogP contribution in [0, 0.1) is 0 Å². The van der Waals surface area contributed by atoms with Crippen molar-refractivity contribution in [2.75, 3.05) is 18.5 Å². The third-order valence-electron chi connectivity index (χ3n) is 3.24. The lowest BCUT2D eigenvalue weighted by Crippen LogP contribution is -2.35. The van der Waals surface area contributed by atoms with E-state index in [1.165, 1.54) is 0 Å². The van der Waals surface area contributed by atoms with Crippen LogP contribution in [0.5, 0.6) is 5.75 Å². The number of carbonyl (C=O) groups excluding carboxylic acids is 2. The second-order valence-electron chi connectivity index (χ2n) is 5.72. The second kappa shape index (κ2) is 9.32. The Morgan fingerprint density at radius 1 is 1.00 bits per heavy atom. The number of ether oxygens (including phenoxy) is 1. The first-order chi connectivity index (χ1) is 12.1. The molecule has 0 saturated heterocycles. The van der Waals surface area contributed by atoms with Gasteiger partial charge in [0.2, 0.25) is 0 Å². The molecular formula is C19H23N3O3. The largest absolute Gasteiger partial charge is 0.492 e. The first-order valence-corrected chi connectivity index (χ1v) is 8.19. The lowest BCUT2D eigenvalue weighted by molar-refractivity contribution is 0.0948. The maximum absolute atomic E-state index is 12.3. The van der Waals surface area contributed by atoms with E-state index < -0.39 is 0 Å². The van der Waals surface area contributed by atoms with Gasteiger partial charge in [0.25, 0.3) is 5.91 Å². The molecular weight excluding hydrogens is 318 g/mol. The van der Waals surface area contributed by atoms with Crippen molar-refractivity contribution in [2.45, 2.75) is 19.9 Å². The van der Waals surface area contributed by atoms with E-state index >= 15 is 0 Å². The molecule has 0 fully saturated rings. The molecule has 0 aromatic heterocycles. The molecule has 132 valence electrons. The first-order valence-electron chi connectivity index (χ1n) is 8.19. The summed E-state index contributed by atoms with van der Waals surface area (Å²) in [6.45, 7) is 4.45. The summed E-state index contributed by atoms with van der Waals surface area (Å²) in [4.78, 5) is 24.2. The summed E-state index contributed by atoms with van der Waals surface area (Å²) >= 11 is 0. The number of anilines is 1. The van der Waals surface area contributed by atoms with E-state index in [1.54, 1.807) is 24.3 Å². The molecule has 2 aromatic carbocycles. The Morgan fingerprint density at radius 2 is 1.68 bits per heavy atom. The van der Waals surface area contributed by atoms with Gasteiger partial charge in [-0.1, -0.05) is 30.3 Å². The molecule has 3 N–H and O–H groups in total. The van der Waals surface area contributed by atoms with Crippen molar-refractivity contribution >= 4 is 17.6 Å². The van der Waals surface area contributed by atoms with Gasteiger partial charge in [-0.25, -0.2) is 4.79 Å². The molecule has 3 amide bonds. The molecule has 0 aliphatic heterocycles. The monoisotopic (exact) mass is 341 g/mol. The van der Waals surface area contributed by atoms with Crippen molar-refractivity contribution in [1.82, 2.24) is 10.6 Å². The van der Waals surface area contributed by atoms with Crippen LogP contribution in [-0.2, 0) is 0 Å². The van der Waals surface area contributed by atoms with Gasteiger partial charge >= 0.3 is 6.03 Å². The number of hydrogen-bond donors (Lipinski definition) is 3. The summed E-state index contributed by atoms with van der Waals surface area (Å²) in [5, 5.41) is 8.21. The third kappa shape index (κ3) is 6.18. The SMILES string of the molecule is CC(C)NC(=O)Nc1ccccc1C(=O)NCCOc1ccccc1. The van der Waals surface area contributed by atoms with Crippen LogP contribution in [0.2, 0.25) is 0 Å². The van der Waals surface area contributed by atoms with E-state index in [1.807, 2.05) is 44.2 Å². The number of urea groups is 1. The topological polar surface area (TPSA) is 79.5 Å². The molecule has 6 nitrogen and oxygen atoms in total. The van der Waals surface area contributed by atoms with Crippen LogP contribution in [-0.4, -0.2) is 31.1 Å². The average molecular weight is 341 g/mol. The molecule has 0 heterocycles. The summed E-state index contributed by atoms with van der Waals surface area (Å²) < 4.78 is 5.54. The fraction of sp³-hybridized carbons (Fsp3) is 0.263. The molecule has 0 unspecified atom stereocenters. The van der Waals surface area contributed by atoms with Gasteiger partial charge < -0.3 is 20.7 Å². The number of hydrogen-bond acceptors (Lipinski definition) is 3. The van der Waals surface area contributed by atoms with Gasteiger partial charge in [0.15, 0.2) is 0 Å². The lowest BCUT2D eigenvalue weighted by Gasteiger charge is -2.13. The average Bonchev–Trinajstić information content (AvgIpc) is 2.59. The highest BCUT2D eigenvalue weighted by atomic mass is 16.5. The summed E-state index contributed by atoms with van der Waals surface area (Å²) in [5.74, 6) is 0.487. The number of carbonyl (C=O) groups is 2. The van der Waals surface area contributed by atoms with E-state index in [4.69, 9.17) is 4.74 Å². The molecule has 0 aliphatic rings. The Balaban J connectivity index is 1.87. The zero-order valence-corrected chi connectivity index (χ0v) is 14.4. The fourth-order valence-corrected chi connectivity index (χ4v) is 2.16. The van der Waals surface area contributed by atoms with Gasteiger partial charge in [0, 0.05) is 6.04 Å². The number of para-hydroxylation sites is 2. The number of rotatable bonds is 7. The Hall–Kier alpha value is -3.02. The Bertz CT molecular complexity index is 702. The van der Waals surface area contributed by atoms with Crippen LogP contribution in [0.25, 0.3) is 0 Å². The van der Waals surface area contributed by atoms with E-state index in [-0.39, 0.29) is 18.0 Å². The number of nitrogens with one attached hydrogen (secondary N) is 3. The standard InChI is InChI=1S/C19H23N3O3/c1-14(2)21-19(24)22-17-11-7-6-10-16(17)18(23)20-12-13-25-15-8-4-3-5-9-15/h3-11,14H,12-13H2,1-2H3,(H,20,23)(H2,21,22,24). The van der Waals surface area contributed by atoms with Crippen molar-refractivity contribution in [3.8, 4) is 5.75 Å². The van der Waals surface area contributed by atoms with E-state index in [2.05, 4.69) is 16.0 Å². The van der Waals surface area contributed by atoms with Crippen LogP contribution in [0.1, 0.15) is 24.2 Å². The summed E-state index contributed by atoms with van der Waals surface area (Å²) in [5.41, 5.74) is 0.864. The first kappa shape index (κ1) is 18.3. The van der Waals surface area contributed by atoms with Crippen LogP contribution < -0.4 is 20.7 Å².